The number of rotatable bonds is 13. The molecule has 0 saturated carbocycles. The largest absolute Gasteiger partial charge is 0.493 e. The number of ketones is 1. The minimum Gasteiger partial charge on any atom is -0.493 e. The highest BCUT2D eigenvalue weighted by molar-refractivity contribution is 6.32. The van der Waals surface area contributed by atoms with Gasteiger partial charge in [0.25, 0.3) is 0 Å². The maximum Gasteiger partial charge on any atom is 0.338 e. The number of ether oxygens (including phenoxy) is 5. The molecule has 0 spiro atoms. The second kappa shape index (κ2) is 16.4. The number of aliphatic hydroxyl groups excluding tert-OH is 3. The summed E-state index contributed by atoms with van der Waals surface area (Å²) in [5.41, 5.74) is 3.57. The van der Waals surface area contributed by atoms with Crippen LogP contribution in [0.4, 0.5) is 0 Å². The summed E-state index contributed by atoms with van der Waals surface area (Å²) in [5, 5.41) is 34.4. The van der Waals surface area contributed by atoms with Gasteiger partial charge in [0.05, 0.1) is 30.0 Å². The maximum atomic E-state index is 13.0. The van der Waals surface area contributed by atoms with E-state index in [1.807, 2.05) is 44.3 Å². The number of aliphatic hydroxyl groups is 3. The van der Waals surface area contributed by atoms with E-state index in [9.17, 15) is 24.9 Å². The van der Waals surface area contributed by atoms with Crippen LogP contribution in [0.2, 0.25) is 5.02 Å². The molecule has 1 aliphatic rings. The Morgan fingerprint density at radius 2 is 1.82 bits per heavy atom. The predicted octanol–water partition coefficient (Wildman–Crippen LogP) is 2.75. The number of nitrogens with zero attached hydrogens (tertiary/aromatic N) is 2. The number of hydrogen-bond donors (Lipinski definition) is 3. The second-order valence-corrected chi connectivity index (χ2v) is 10.9. The maximum absolute atomic E-state index is 13.0. The van der Waals surface area contributed by atoms with Gasteiger partial charge in [0.2, 0.25) is 0 Å². The third kappa shape index (κ3) is 8.95. The lowest BCUT2D eigenvalue weighted by Gasteiger charge is -2.40. The lowest BCUT2D eigenvalue weighted by Crippen LogP contribution is -2.60. The SMILES string of the molecule is COc1cc(C(=O)O[C@H]2[C@@H](OC)O[C@H](CO)[C@@H](O)[C@@H]2O)cc(Cl)c1OCc1cccc(CC(=O)CCc2cc(C)nn2C)c1.Cl. The summed E-state index contributed by atoms with van der Waals surface area (Å²) in [6.07, 6.45) is -5.50. The number of aryl methyl sites for hydroxylation is 3. The van der Waals surface area contributed by atoms with Gasteiger partial charge in [0.15, 0.2) is 23.9 Å². The van der Waals surface area contributed by atoms with Crippen LogP contribution in [-0.2, 0) is 45.5 Å². The summed E-state index contributed by atoms with van der Waals surface area (Å²) in [7, 11) is 4.53. The molecule has 0 unspecified atom stereocenters. The van der Waals surface area contributed by atoms with Gasteiger partial charge in [-0.2, -0.15) is 5.10 Å². The fraction of sp³-hybridized carbons (Fsp3) is 0.452. The van der Waals surface area contributed by atoms with E-state index in [-0.39, 0.29) is 53.3 Å². The number of benzene rings is 2. The molecule has 3 N–H and O–H groups in total. The molecule has 2 heterocycles. The third-order valence-electron chi connectivity index (χ3n) is 7.30. The molecule has 1 saturated heterocycles. The Hall–Kier alpha value is -3.23. The van der Waals surface area contributed by atoms with E-state index in [4.69, 9.17) is 35.3 Å². The Bertz CT molecular complexity index is 1460. The van der Waals surface area contributed by atoms with Crippen molar-refractivity contribution in [1.82, 2.24) is 9.78 Å². The van der Waals surface area contributed by atoms with Gasteiger partial charge in [0, 0.05) is 32.7 Å². The van der Waals surface area contributed by atoms with Crippen LogP contribution in [0.25, 0.3) is 0 Å². The molecule has 14 heteroatoms. The van der Waals surface area contributed by atoms with Crippen LogP contribution in [-0.4, -0.2) is 88.4 Å². The summed E-state index contributed by atoms with van der Waals surface area (Å²) in [6, 6.07) is 12.1. The quantitative estimate of drug-likeness (QED) is 0.230. The highest BCUT2D eigenvalue weighted by atomic mass is 35.5. The number of Topliss-reactive ketones (excluding diaryl/α,β-unsaturated/α-hetero) is 1. The summed E-state index contributed by atoms with van der Waals surface area (Å²) < 4.78 is 29.1. The molecule has 0 amide bonds. The van der Waals surface area contributed by atoms with Crippen LogP contribution >= 0.6 is 24.0 Å². The Morgan fingerprint density at radius 3 is 2.47 bits per heavy atom. The molecule has 0 aliphatic carbocycles. The molecule has 2 aromatic carbocycles. The standard InChI is InChI=1S/C31H37ClN2O10.ClH/c1-17-10-21(34(2)33-17)8-9-22(36)12-18-6-5-7-19(11-18)16-42-28-23(32)13-20(14-24(28)40-3)30(39)44-29-27(38)26(37)25(15-35)43-31(29)41-4;/h5-7,10-11,13-14,25-27,29,31,35,37-38H,8-9,12,15-16H2,1-4H3;1H/t25-,26-,27+,29-,31+;/m1./s1. The minimum atomic E-state index is -1.58. The number of carbonyl (C=O) groups is 2. The highest BCUT2D eigenvalue weighted by Gasteiger charge is 2.47. The van der Waals surface area contributed by atoms with Crippen molar-refractivity contribution in [1.29, 1.82) is 0 Å². The van der Waals surface area contributed by atoms with Crippen molar-refractivity contribution in [2.24, 2.45) is 7.05 Å². The minimum absolute atomic E-state index is 0. The highest BCUT2D eigenvalue weighted by Crippen LogP contribution is 2.37. The molecule has 246 valence electrons. The van der Waals surface area contributed by atoms with Crippen LogP contribution < -0.4 is 9.47 Å². The van der Waals surface area contributed by atoms with Crippen LogP contribution in [0.3, 0.4) is 0 Å². The first-order valence-electron chi connectivity index (χ1n) is 14.0. The number of methoxy groups -OCH3 is 2. The van der Waals surface area contributed by atoms with E-state index < -0.39 is 43.3 Å². The molecule has 1 fully saturated rings. The molecule has 45 heavy (non-hydrogen) atoms. The third-order valence-corrected chi connectivity index (χ3v) is 7.58. The van der Waals surface area contributed by atoms with Gasteiger partial charge in [-0.15, -0.1) is 12.4 Å². The van der Waals surface area contributed by atoms with Crippen molar-refractivity contribution < 1.29 is 48.6 Å². The molecule has 5 atom stereocenters. The molecule has 3 aromatic rings. The van der Waals surface area contributed by atoms with Crippen molar-refractivity contribution in [2.45, 2.75) is 63.5 Å². The van der Waals surface area contributed by atoms with E-state index in [2.05, 4.69) is 5.10 Å². The summed E-state index contributed by atoms with van der Waals surface area (Å²) in [6.45, 7) is 1.46. The van der Waals surface area contributed by atoms with Crippen LogP contribution in [0.5, 0.6) is 11.5 Å². The molecular formula is C31H38Cl2N2O10. The first-order valence-corrected chi connectivity index (χ1v) is 14.4. The second-order valence-electron chi connectivity index (χ2n) is 10.5. The van der Waals surface area contributed by atoms with Gasteiger partial charge in [-0.1, -0.05) is 35.9 Å². The molecule has 0 bridgehead atoms. The number of aromatic nitrogens is 2. The smallest absolute Gasteiger partial charge is 0.338 e. The van der Waals surface area contributed by atoms with E-state index in [1.165, 1.54) is 26.4 Å². The van der Waals surface area contributed by atoms with Crippen LogP contribution in [0, 0.1) is 6.92 Å². The predicted molar refractivity (Wildman–Crippen MR) is 165 cm³/mol. The van der Waals surface area contributed by atoms with Gasteiger partial charge in [-0.25, -0.2) is 4.79 Å². The van der Waals surface area contributed by atoms with Gasteiger partial charge < -0.3 is 39.0 Å². The summed E-state index contributed by atoms with van der Waals surface area (Å²) in [5.74, 6) is -0.432. The number of carbonyl (C=O) groups excluding carboxylic acids is 2. The average molecular weight is 670 g/mol. The molecule has 4 rings (SSSR count). The Labute approximate surface area is 272 Å². The lowest BCUT2D eigenvalue weighted by molar-refractivity contribution is -0.293. The summed E-state index contributed by atoms with van der Waals surface area (Å²) in [4.78, 5) is 25.6. The van der Waals surface area contributed by atoms with Crippen molar-refractivity contribution in [3.05, 3.63) is 75.6 Å². The fourth-order valence-corrected chi connectivity index (χ4v) is 5.27. The zero-order valence-corrected chi connectivity index (χ0v) is 26.9. The van der Waals surface area contributed by atoms with Gasteiger partial charge in [-0.3, -0.25) is 9.48 Å². The topological polar surface area (TPSA) is 159 Å². The molecular weight excluding hydrogens is 631 g/mol. The normalized spacial score (nSPS) is 21.1. The Balaban J connectivity index is 0.00000552. The Kier molecular flexibility index (Phi) is 13.2. The number of hydrogen-bond acceptors (Lipinski definition) is 11. The molecule has 1 aromatic heterocycles. The first-order chi connectivity index (χ1) is 21.0. The van der Waals surface area contributed by atoms with Crippen LogP contribution in [0.1, 0.15) is 39.3 Å². The number of esters is 1. The van der Waals surface area contributed by atoms with E-state index in [1.54, 1.807) is 4.68 Å². The van der Waals surface area contributed by atoms with Gasteiger partial charge in [0.1, 0.15) is 30.7 Å². The average Bonchev–Trinajstić information content (AvgIpc) is 3.33. The zero-order valence-electron chi connectivity index (χ0n) is 25.3. The van der Waals surface area contributed by atoms with E-state index >= 15 is 0 Å². The van der Waals surface area contributed by atoms with Gasteiger partial charge >= 0.3 is 5.97 Å². The van der Waals surface area contributed by atoms with Crippen molar-refractivity contribution in [2.75, 3.05) is 20.8 Å². The van der Waals surface area contributed by atoms with E-state index in [0.717, 1.165) is 22.5 Å². The van der Waals surface area contributed by atoms with Crippen molar-refractivity contribution in [3.63, 3.8) is 0 Å². The van der Waals surface area contributed by atoms with E-state index in [0.29, 0.717) is 12.8 Å². The lowest BCUT2D eigenvalue weighted by atomic mass is 9.99. The van der Waals surface area contributed by atoms with Crippen molar-refractivity contribution >= 4 is 35.8 Å². The van der Waals surface area contributed by atoms with Gasteiger partial charge in [-0.05, 0) is 42.7 Å². The van der Waals surface area contributed by atoms with Crippen LogP contribution in [0.15, 0.2) is 42.5 Å². The molecule has 12 nitrogen and oxygen atoms in total. The first kappa shape index (κ1) is 36.2. The Morgan fingerprint density at radius 1 is 1.09 bits per heavy atom. The molecule has 1 aliphatic heterocycles. The monoisotopic (exact) mass is 668 g/mol. The number of halogens is 2. The fourth-order valence-electron chi connectivity index (χ4n) is 5.01. The zero-order chi connectivity index (χ0) is 32.0. The summed E-state index contributed by atoms with van der Waals surface area (Å²) >= 11 is 6.48. The molecule has 0 radical (unpaired) electrons. The van der Waals surface area contributed by atoms with Crippen molar-refractivity contribution in [3.8, 4) is 11.5 Å².